The molecule has 5 heteroatoms. The summed E-state index contributed by atoms with van der Waals surface area (Å²) in [5.41, 5.74) is 3.48. The lowest BCUT2D eigenvalue weighted by Gasteiger charge is -2.03. The number of benzene rings is 1. The van der Waals surface area contributed by atoms with Gasteiger partial charge in [-0.1, -0.05) is 16.8 Å². The van der Waals surface area contributed by atoms with Gasteiger partial charge in [0.1, 0.15) is 11.5 Å². The number of nitrogens with one attached hydrogen (secondary N) is 1. The molecule has 1 aromatic carbocycles. The van der Waals surface area contributed by atoms with E-state index in [4.69, 9.17) is 4.52 Å². The van der Waals surface area contributed by atoms with Crippen LogP contribution >= 0.6 is 0 Å². The average Bonchev–Trinajstić information content (AvgIpc) is 2.81. The minimum absolute atomic E-state index is 0.159. The zero-order valence-electron chi connectivity index (χ0n) is 11.9. The van der Waals surface area contributed by atoms with Crippen LogP contribution in [0, 0.1) is 13.8 Å². The van der Waals surface area contributed by atoms with Crippen molar-refractivity contribution in [3.8, 4) is 0 Å². The van der Waals surface area contributed by atoms with Crippen molar-refractivity contribution >= 4 is 22.7 Å². The number of hydrogen-bond acceptors (Lipinski definition) is 4. The fraction of sp³-hybridized carbons (Fsp3) is 0.188. The minimum Gasteiger partial charge on any atom is -0.356 e. The van der Waals surface area contributed by atoms with E-state index in [0.717, 1.165) is 16.5 Å². The van der Waals surface area contributed by atoms with Crippen LogP contribution < -0.4 is 5.32 Å². The summed E-state index contributed by atoms with van der Waals surface area (Å²) in [5.74, 6) is 0.383. The van der Waals surface area contributed by atoms with Gasteiger partial charge < -0.3 is 9.84 Å². The SMILES string of the molecule is Cc1ccnc(NC(=O)Cc2noc3ccc(C)cc23)c1. The lowest BCUT2D eigenvalue weighted by molar-refractivity contribution is -0.115. The Morgan fingerprint density at radius 2 is 2.00 bits per heavy atom. The van der Waals surface area contributed by atoms with E-state index in [2.05, 4.69) is 15.5 Å². The molecule has 5 nitrogen and oxygen atoms in total. The Morgan fingerprint density at radius 1 is 1.19 bits per heavy atom. The standard InChI is InChI=1S/C16H15N3O2/c1-10-3-4-14-12(7-10)13(19-21-14)9-16(20)18-15-8-11(2)5-6-17-15/h3-8H,9H2,1-2H3,(H,17,18,20). The van der Waals surface area contributed by atoms with Gasteiger partial charge in [0, 0.05) is 11.6 Å². The van der Waals surface area contributed by atoms with Gasteiger partial charge in [-0.05, 0) is 43.7 Å². The lowest BCUT2D eigenvalue weighted by atomic mass is 10.1. The molecule has 2 heterocycles. The number of fused-ring (bicyclic) bond motifs is 1. The lowest BCUT2D eigenvalue weighted by Crippen LogP contribution is -2.15. The van der Waals surface area contributed by atoms with Gasteiger partial charge in [0.2, 0.25) is 5.91 Å². The van der Waals surface area contributed by atoms with Crippen molar-refractivity contribution in [3.05, 3.63) is 53.3 Å². The Bertz CT molecular complexity index is 808. The highest BCUT2D eigenvalue weighted by atomic mass is 16.5. The Morgan fingerprint density at radius 3 is 2.81 bits per heavy atom. The van der Waals surface area contributed by atoms with Crippen LogP contribution in [0.25, 0.3) is 11.0 Å². The fourth-order valence-electron chi connectivity index (χ4n) is 2.17. The largest absolute Gasteiger partial charge is 0.356 e. The highest BCUT2D eigenvalue weighted by Gasteiger charge is 2.13. The summed E-state index contributed by atoms with van der Waals surface area (Å²) < 4.78 is 5.23. The van der Waals surface area contributed by atoms with E-state index in [1.54, 1.807) is 6.20 Å². The van der Waals surface area contributed by atoms with E-state index < -0.39 is 0 Å². The molecule has 0 radical (unpaired) electrons. The van der Waals surface area contributed by atoms with Crippen LogP contribution in [0.1, 0.15) is 16.8 Å². The van der Waals surface area contributed by atoms with E-state index in [0.29, 0.717) is 17.1 Å². The summed E-state index contributed by atoms with van der Waals surface area (Å²) in [4.78, 5) is 16.2. The Balaban J connectivity index is 1.79. The molecule has 0 unspecified atom stereocenters. The maximum atomic E-state index is 12.1. The first kappa shape index (κ1) is 13.3. The number of carbonyl (C=O) groups excluding carboxylic acids is 1. The fourth-order valence-corrected chi connectivity index (χ4v) is 2.17. The molecule has 106 valence electrons. The van der Waals surface area contributed by atoms with Gasteiger partial charge in [-0.15, -0.1) is 0 Å². The third-order valence-electron chi connectivity index (χ3n) is 3.21. The van der Waals surface area contributed by atoms with Gasteiger partial charge in [0.15, 0.2) is 5.58 Å². The number of hydrogen-bond donors (Lipinski definition) is 1. The van der Waals surface area contributed by atoms with Crippen molar-refractivity contribution in [1.82, 2.24) is 10.1 Å². The van der Waals surface area contributed by atoms with Crippen LogP contribution in [0.2, 0.25) is 0 Å². The van der Waals surface area contributed by atoms with Crippen LogP contribution in [-0.4, -0.2) is 16.0 Å². The van der Waals surface area contributed by atoms with Gasteiger partial charge in [-0.25, -0.2) is 4.98 Å². The number of pyridine rings is 1. The molecule has 0 saturated carbocycles. The molecule has 0 aliphatic carbocycles. The molecule has 0 spiro atoms. The van der Waals surface area contributed by atoms with Gasteiger partial charge in [0.25, 0.3) is 0 Å². The molecular formula is C16H15N3O2. The van der Waals surface area contributed by atoms with Gasteiger partial charge >= 0.3 is 0 Å². The molecular weight excluding hydrogens is 266 g/mol. The third kappa shape index (κ3) is 2.91. The molecule has 21 heavy (non-hydrogen) atoms. The van der Waals surface area contributed by atoms with Gasteiger partial charge in [-0.2, -0.15) is 0 Å². The predicted octanol–water partition coefficient (Wildman–Crippen LogP) is 3.02. The predicted molar refractivity (Wildman–Crippen MR) is 80.1 cm³/mol. The van der Waals surface area contributed by atoms with Crippen LogP contribution in [0.5, 0.6) is 0 Å². The normalized spacial score (nSPS) is 10.8. The summed E-state index contributed by atoms with van der Waals surface area (Å²) in [6.45, 7) is 3.94. The number of carbonyl (C=O) groups is 1. The second kappa shape index (κ2) is 5.36. The first-order chi connectivity index (χ1) is 10.1. The van der Waals surface area contributed by atoms with Crippen LogP contribution in [0.3, 0.4) is 0 Å². The van der Waals surface area contributed by atoms with Gasteiger partial charge in [0.05, 0.1) is 6.42 Å². The maximum absolute atomic E-state index is 12.1. The molecule has 0 bridgehead atoms. The molecule has 0 aliphatic heterocycles. The van der Waals surface area contributed by atoms with Crippen molar-refractivity contribution < 1.29 is 9.32 Å². The van der Waals surface area contributed by atoms with Crippen molar-refractivity contribution in [2.24, 2.45) is 0 Å². The average molecular weight is 281 g/mol. The highest BCUT2D eigenvalue weighted by Crippen LogP contribution is 2.20. The quantitative estimate of drug-likeness (QED) is 0.801. The molecule has 0 fully saturated rings. The Labute approximate surface area is 122 Å². The molecule has 3 rings (SSSR count). The smallest absolute Gasteiger partial charge is 0.231 e. The minimum atomic E-state index is -0.162. The van der Waals surface area contributed by atoms with E-state index >= 15 is 0 Å². The molecule has 0 aliphatic rings. The zero-order valence-corrected chi connectivity index (χ0v) is 11.9. The second-order valence-corrected chi connectivity index (χ2v) is 5.07. The number of anilines is 1. The summed E-state index contributed by atoms with van der Waals surface area (Å²) in [6, 6.07) is 9.49. The molecule has 0 saturated heterocycles. The van der Waals surface area contributed by atoms with Crippen molar-refractivity contribution in [1.29, 1.82) is 0 Å². The summed E-state index contributed by atoms with van der Waals surface area (Å²) in [5, 5.41) is 7.63. The number of amides is 1. The van der Waals surface area contributed by atoms with E-state index in [9.17, 15) is 4.79 Å². The third-order valence-corrected chi connectivity index (χ3v) is 3.21. The second-order valence-electron chi connectivity index (χ2n) is 5.07. The topological polar surface area (TPSA) is 68.0 Å². The number of aryl methyl sites for hydroxylation is 2. The van der Waals surface area contributed by atoms with E-state index in [-0.39, 0.29) is 12.3 Å². The summed E-state index contributed by atoms with van der Waals surface area (Å²) in [7, 11) is 0. The Kier molecular flexibility index (Phi) is 3.39. The van der Waals surface area contributed by atoms with Crippen molar-refractivity contribution in [2.45, 2.75) is 20.3 Å². The summed E-state index contributed by atoms with van der Waals surface area (Å²) >= 11 is 0. The maximum Gasteiger partial charge on any atom is 0.231 e. The molecule has 1 amide bonds. The number of aromatic nitrogens is 2. The van der Waals surface area contributed by atoms with Crippen LogP contribution in [0.4, 0.5) is 5.82 Å². The molecule has 2 aromatic heterocycles. The number of rotatable bonds is 3. The zero-order chi connectivity index (χ0) is 14.8. The molecule has 1 N–H and O–H groups in total. The van der Waals surface area contributed by atoms with Gasteiger partial charge in [-0.3, -0.25) is 4.79 Å². The van der Waals surface area contributed by atoms with Crippen molar-refractivity contribution in [2.75, 3.05) is 5.32 Å². The monoisotopic (exact) mass is 281 g/mol. The Hall–Kier alpha value is -2.69. The molecule has 0 atom stereocenters. The van der Waals surface area contributed by atoms with E-state index in [1.165, 1.54) is 0 Å². The first-order valence-electron chi connectivity index (χ1n) is 6.69. The number of nitrogens with zero attached hydrogens (tertiary/aromatic N) is 2. The van der Waals surface area contributed by atoms with Crippen molar-refractivity contribution in [3.63, 3.8) is 0 Å². The van der Waals surface area contributed by atoms with Crippen LogP contribution in [0.15, 0.2) is 41.1 Å². The summed E-state index contributed by atoms with van der Waals surface area (Å²) in [6.07, 6.45) is 1.83. The van der Waals surface area contributed by atoms with E-state index in [1.807, 2.05) is 44.2 Å². The first-order valence-corrected chi connectivity index (χ1v) is 6.69. The molecule has 3 aromatic rings. The van der Waals surface area contributed by atoms with Crippen LogP contribution in [-0.2, 0) is 11.2 Å². The highest BCUT2D eigenvalue weighted by molar-refractivity contribution is 5.94.